The lowest BCUT2D eigenvalue weighted by atomic mass is 10.3. The monoisotopic (exact) mass is 236 g/mol. The Morgan fingerprint density at radius 1 is 1.44 bits per heavy atom. The van der Waals surface area contributed by atoms with Gasteiger partial charge in [-0.3, -0.25) is 14.5 Å². The summed E-state index contributed by atoms with van der Waals surface area (Å²) in [6.45, 7) is 0. The van der Waals surface area contributed by atoms with Crippen LogP contribution in [0.2, 0.25) is 5.02 Å². The molecule has 0 aliphatic carbocycles. The Morgan fingerprint density at radius 3 is 2.88 bits per heavy atom. The van der Waals surface area contributed by atoms with Crippen molar-refractivity contribution in [2.45, 2.75) is 0 Å². The smallest absolute Gasteiger partial charge is 0.275 e. The third-order valence-corrected chi connectivity index (χ3v) is 2.25. The fourth-order valence-electron chi connectivity index (χ4n) is 1.21. The number of carbonyl (C=O) groups excluding carboxylic acids is 1. The van der Waals surface area contributed by atoms with E-state index in [0.29, 0.717) is 10.8 Å². The third kappa shape index (κ3) is 2.20. The van der Waals surface area contributed by atoms with Crippen molar-refractivity contribution in [2.75, 3.05) is 5.32 Å². The van der Waals surface area contributed by atoms with Crippen molar-refractivity contribution in [3.05, 3.63) is 41.3 Å². The second-order valence-electron chi connectivity index (χ2n) is 3.15. The molecule has 0 spiro atoms. The number of pyridine rings is 1. The minimum absolute atomic E-state index is 0.272. The predicted octanol–water partition coefficient (Wildman–Crippen LogP) is 1.72. The van der Waals surface area contributed by atoms with Crippen LogP contribution < -0.4 is 5.32 Å². The summed E-state index contributed by atoms with van der Waals surface area (Å²) in [6, 6.07) is 4.82. The zero-order chi connectivity index (χ0) is 11.5. The normalized spacial score (nSPS) is 10.1. The lowest BCUT2D eigenvalue weighted by molar-refractivity contribution is 0.102. The van der Waals surface area contributed by atoms with Crippen LogP contribution in [0.25, 0.3) is 0 Å². The Balaban J connectivity index is 2.18. The highest BCUT2D eigenvalue weighted by molar-refractivity contribution is 6.30. The van der Waals surface area contributed by atoms with Gasteiger partial charge < -0.3 is 5.32 Å². The van der Waals surface area contributed by atoms with E-state index in [0.717, 1.165) is 0 Å². The molecule has 6 heteroatoms. The van der Waals surface area contributed by atoms with Gasteiger partial charge in [-0.05, 0) is 12.1 Å². The van der Waals surface area contributed by atoms with Crippen molar-refractivity contribution in [2.24, 2.45) is 7.05 Å². The number of nitrogens with one attached hydrogen (secondary N) is 1. The Hall–Kier alpha value is -1.88. The van der Waals surface area contributed by atoms with Gasteiger partial charge in [0, 0.05) is 24.3 Å². The molecule has 16 heavy (non-hydrogen) atoms. The average molecular weight is 237 g/mol. The first kappa shape index (κ1) is 10.6. The summed E-state index contributed by atoms with van der Waals surface area (Å²) in [7, 11) is 1.74. The average Bonchev–Trinajstić information content (AvgIpc) is 2.64. The summed E-state index contributed by atoms with van der Waals surface area (Å²) in [5.41, 5.74) is 0.272. The molecule has 2 aromatic rings. The fourth-order valence-corrected chi connectivity index (χ4v) is 1.37. The van der Waals surface area contributed by atoms with E-state index in [1.54, 1.807) is 30.1 Å². The van der Waals surface area contributed by atoms with Gasteiger partial charge >= 0.3 is 0 Å². The molecule has 1 N–H and O–H groups in total. The summed E-state index contributed by atoms with van der Waals surface area (Å²) in [4.78, 5) is 15.7. The van der Waals surface area contributed by atoms with E-state index in [2.05, 4.69) is 15.4 Å². The summed E-state index contributed by atoms with van der Waals surface area (Å²) in [6.07, 6.45) is 3.08. The first-order valence-corrected chi connectivity index (χ1v) is 4.95. The molecule has 1 amide bonds. The van der Waals surface area contributed by atoms with Crippen LogP contribution >= 0.6 is 11.6 Å². The highest BCUT2D eigenvalue weighted by Crippen LogP contribution is 2.10. The van der Waals surface area contributed by atoms with Crippen LogP contribution in [0.1, 0.15) is 10.5 Å². The number of hydrogen-bond donors (Lipinski definition) is 1. The molecule has 0 unspecified atom stereocenters. The van der Waals surface area contributed by atoms with E-state index in [9.17, 15) is 4.79 Å². The topological polar surface area (TPSA) is 59.8 Å². The van der Waals surface area contributed by atoms with Gasteiger partial charge in [0.2, 0.25) is 0 Å². The van der Waals surface area contributed by atoms with E-state index in [4.69, 9.17) is 11.6 Å². The van der Waals surface area contributed by atoms with E-state index >= 15 is 0 Å². The quantitative estimate of drug-likeness (QED) is 0.864. The SMILES string of the molecule is Cn1nccc1NC(=O)c1cc(Cl)ccn1. The fraction of sp³-hybridized carbons (Fsp3) is 0.100. The molecule has 0 aromatic carbocycles. The highest BCUT2D eigenvalue weighted by Gasteiger charge is 2.09. The number of halogens is 1. The van der Waals surface area contributed by atoms with Gasteiger partial charge in [-0.1, -0.05) is 11.6 Å². The molecule has 0 aliphatic heterocycles. The molecule has 0 fully saturated rings. The van der Waals surface area contributed by atoms with Gasteiger partial charge in [-0.15, -0.1) is 0 Å². The van der Waals surface area contributed by atoms with Crippen molar-refractivity contribution >= 4 is 23.3 Å². The third-order valence-electron chi connectivity index (χ3n) is 2.02. The molecule has 0 radical (unpaired) electrons. The zero-order valence-electron chi connectivity index (χ0n) is 8.51. The number of rotatable bonds is 2. The molecular weight excluding hydrogens is 228 g/mol. The van der Waals surface area contributed by atoms with Gasteiger partial charge in [-0.25, -0.2) is 0 Å². The van der Waals surface area contributed by atoms with Crippen LogP contribution in [0.3, 0.4) is 0 Å². The van der Waals surface area contributed by atoms with Crippen LogP contribution in [-0.2, 0) is 7.05 Å². The molecule has 0 saturated carbocycles. The maximum atomic E-state index is 11.7. The molecule has 2 aromatic heterocycles. The largest absolute Gasteiger partial charge is 0.305 e. The number of nitrogens with zero attached hydrogens (tertiary/aromatic N) is 3. The molecule has 0 aliphatic rings. The molecule has 2 rings (SSSR count). The molecule has 0 bridgehead atoms. The molecule has 82 valence electrons. The molecule has 2 heterocycles. The maximum absolute atomic E-state index is 11.7. The number of carbonyl (C=O) groups is 1. The minimum Gasteiger partial charge on any atom is -0.305 e. The van der Waals surface area contributed by atoms with Crippen LogP contribution in [0.4, 0.5) is 5.82 Å². The molecule has 0 atom stereocenters. The summed E-state index contributed by atoms with van der Waals surface area (Å²) < 4.78 is 1.56. The number of hydrogen-bond acceptors (Lipinski definition) is 3. The Labute approximate surface area is 97.1 Å². The first-order valence-electron chi connectivity index (χ1n) is 4.58. The van der Waals surface area contributed by atoms with Crippen LogP contribution in [0, 0.1) is 0 Å². The minimum atomic E-state index is -0.314. The highest BCUT2D eigenvalue weighted by atomic mass is 35.5. The molecular formula is C10H9ClN4O. The number of amides is 1. The van der Waals surface area contributed by atoms with Gasteiger partial charge in [-0.2, -0.15) is 5.10 Å². The van der Waals surface area contributed by atoms with Crippen LogP contribution in [0.5, 0.6) is 0 Å². The van der Waals surface area contributed by atoms with Crippen molar-refractivity contribution in [1.82, 2.24) is 14.8 Å². The zero-order valence-corrected chi connectivity index (χ0v) is 9.27. The van der Waals surface area contributed by atoms with E-state index in [1.165, 1.54) is 12.3 Å². The standard InChI is InChI=1S/C10H9ClN4O/c1-15-9(3-5-13-15)14-10(16)8-6-7(11)2-4-12-8/h2-6H,1H3,(H,14,16). The maximum Gasteiger partial charge on any atom is 0.275 e. The number of aromatic nitrogens is 3. The Kier molecular flexibility index (Phi) is 2.87. The van der Waals surface area contributed by atoms with Gasteiger partial charge in [0.05, 0.1) is 6.20 Å². The predicted molar refractivity (Wildman–Crippen MR) is 60.4 cm³/mol. The molecule has 5 nitrogen and oxygen atoms in total. The van der Waals surface area contributed by atoms with Gasteiger partial charge in [0.25, 0.3) is 5.91 Å². The van der Waals surface area contributed by atoms with Gasteiger partial charge in [0.15, 0.2) is 0 Å². The van der Waals surface area contributed by atoms with E-state index in [-0.39, 0.29) is 11.6 Å². The number of anilines is 1. The Morgan fingerprint density at radius 2 is 2.25 bits per heavy atom. The van der Waals surface area contributed by atoms with Crippen molar-refractivity contribution in [3.8, 4) is 0 Å². The second-order valence-corrected chi connectivity index (χ2v) is 3.59. The van der Waals surface area contributed by atoms with Crippen LogP contribution in [0.15, 0.2) is 30.6 Å². The number of aryl methyl sites for hydroxylation is 1. The summed E-state index contributed by atoms with van der Waals surface area (Å²) >= 11 is 5.76. The lowest BCUT2D eigenvalue weighted by Crippen LogP contribution is -2.15. The second kappa shape index (κ2) is 4.32. The molecule has 0 saturated heterocycles. The van der Waals surface area contributed by atoms with Crippen molar-refractivity contribution < 1.29 is 4.79 Å². The first-order chi connectivity index (χ1) is 7.66. The van der Waals surface area contributed by atoms with Crippen molar-refractivity contribution in [3.63, 3.8) is 0 Å². The summed E-state index contributed by atoms with van der Waals surface area (Å²) in [5, 5.41) is 7.09. The lowest BCUT2D eigenvalue weighted by Gasteiger charge is -2.04. The Bertz CT molecular complexity index is 523. The van der Waals surface area contributed by atoms with E-state index in [1.807, 2.05) is 0 Å². The van der Waals surface area contributed by atoms with E-state index < -0.39 is 0 Å². The van der Waals surface area contributed by atoms with Crippen molar-refractivity contribution in [1.29, 1.82) is 0 Å². The van der Waals surface area contributed by atoms with Crippen LogP contribution in [-0.4, -0.2) is 20.7 Å². The summed E-state index contributed by atoms with van der Waals surface area (Å²) in [5.74, 6) is 0.290. The van der Waals surface area contributed by atoms with Gasteiger partial charge in [0.1, 0.15) is 11.5 Å².